The molecule has 0 aliphatic heterocycles. The first-order valence-corrected chi connectivity index (χ1v) is 6.72. The van der Waals surface area contributed by atoms with Crippen molar-refractivity contribution in [1.29, 1.82) is 0 Å². The van der Waals surface area contributed by atoms with Crippen molar-refractivity contribution in [2.24, 2.45) is 5.73 Å². The summed E-state index contributed by atoms with van der Waals surface area (Å²) >= 11 is 1.33. The van der Waals surface area contributed by atoms with E-state index in [-0.39, 0.29) is 0 Å². The van der Waals surface area contributed by atoms with Crippen LogP contribution < -0.4 is 5.73 Å². The third kappa shape index (κ3) is 2.22. The Morgan fingerprint density at radius 1 is 1.16 bits per heavy atom. The van der Waals surface area contributed by atoms with Gasteiger partial charge < -0.3 is 5.73 Å². The molecule has 1 heterocycles. The SMILES string of the molecule is Cc1cccc(-c2ccc3sc(C(N)=O)nc3c2)c1. The van der Waals surface area contributed by atoms with E-state index in [1.54, 1.807) is 0 Å². The number of nitrogens with zero attached hydrogens (tertiary/aromatic N) is 1. The maximum atomic E-state index is 11.1. The molecule has 0 saturated heterocycles. The Morgan fingerprint density at radius 2 is 1.95 bits per heavy atom. The number of nitrogens with two attached hydrogens (primary N) is 1. The van der Waals surface area contributed by atoms with E-state index in [0.717, 1.165) is 21.3 Å². The largest absolute Gasteiger partial charge is 0.364 e. The number of benzene rings is 2. The number of rotatable bonds is 2. The Labute approximate surface area is 114 Å². The summed E-state index contributed by atoms with van der Waals surface area (Å²) in [6, 6.07) is 14.3. The smallest absolute Gasteiger partial charge is 0.277 e. The van der Waals surface area contributed by atoms with Crippen molar-refractivity contribution < 1.29 is 4.79 Å². The van der Waals surface area contributed by atoms with Gasteiger partial charge in [0.15, 0.2) is 5.01 Å². The first-order valence-electron chi connectivity index (χ1n) is 5.91. The summed E-state index contributed by atoms with van der Waals surface area (Å²) in [5, 5.41) is 0.358. The monoisotopic (exact) mass is 268 g/mol. The van der Waals surface area contributed by atoms with Crippen LogP contribution in [0.1, 0.15) is 15.4 Å². The van der Waals surface area contributed by atoms with Crippen molar-refractivity contribution in [3.63, 3.8) is 0 Å². The highest BCUT2D eigenvalue weighted by molar-refractivity contribution is 7.20. The van der Waals surface area contributed by atoms with E-state index in [4.69, 9.17) is 5.73 Å². The van der Waals surface area contributed by atoms with Gasteiger partial charge in [-0.05, 0) is 30.2 Å². The average Bonchev–Trinajstić information content (AvgIpc) is 2.81. The number of fused-ring (bicyclic) bond motifs is 1. The lowest BCUT2D eigenvalue weighted by Gasteiger charge is -2.02. The molecule has 4 heteroatoms. The third-order valence-corrected chi connectivity index (χ3v) is 4.00. The molecule has 0 fully saturated rings. The molecular weight excluding hydrogens is 256 g/mol. The number of primary amides is 1. The van der Waals surface area contributed by atoms with E-state index in [0.29, 0.717) is 5.01 Å². The van der Waals surface area contributed by atoms with Crippen molar-refractivity contribution in [2.75, 3.05) is 0 Å². The molecule has 0 spiro atoms. The summed E-state index contributed by atoms with van der Waals surface area (Å²) in [4.78, 5) is 15.4. The van der Waals surface area contributed by atoms with Gasteiger partial charge in [0.2, 0.25) is 0 Å². The minimum Gasteiger partial charge on any atom is -0.364 e. The van der Waals surface area contributed by atoms with E-state index in [9.17, 15) is 4.79 Å². The van der Waals surface area contributed by atoms with Gasteiger partial charge >= 0.3 is 0 Å². The van der Waals surface area contributed by atoms with Gasteiger partial charge in [0, 0.05) is 0 Å². The number of carbonyl (C=O) groups is 1. The van der Waals surface area contributed by atoms with Gasteiger partial charge in [-0.3, -0.25) is 4.79 Å². The standard InChI is InChI=1S/C15H12N2OS/c1-9-3-2-4-10(7-9)11-5-6-13-12(8-11)17-15(19-13)14(16)18/h2-8H,1H3,(H2,16,18). The third-order valence-electron chi connectivity index (χ3n) is 2.95. The summed E-state index contributed by atoms with van der Waals surface area (Å²) in [6.45, 7) is 2.07. The zero-order valence-electron chi connectivity index (χ0n) is 10.4. The molecule has 0 aliphatic carbocycles. The Morgan fingerprint density at radius 3 is 2.68 bits per heavy atom. The molecule has 2 aromatic carbocycles. The highest BCUT2D eigenvalue weighted by atomic mass is 32.1. The zero-order chi connectivity index (χ0) is 13.4. The van der Waals surface area contributed by atoms with Crippen molar-refractivity contribution in [1.82, 2.24) is 4.98 Å². The van der Waals surface area contributed by atoms with Gasteiger partial charge in [0.05, 0.1) is 10.2 Å². The Bertz CT molecular complexity index is 777. The fourth-order valence-corrected chi connectivity index (χ4v) is 2.84. The predicted molar refractivity (Wildman–Crippen MR) is 78.3 cm³/mol. The fraction of sp³-hybridized carbons (Fsp3) is 0.0667. The summed E-state index contributed by atoms with van der Waals surface area (Å²) in [7, 11) is 0. The molecule has 3 aromatic rings. The van der Waals surface area contributed by atoms with Crippen LogP contribution >= 0.6 is 11.3 Å². The lowest BCUT2D eigenvalue weighted by molar-refractivity contribution is 0.1000. The van der Waals surface area contributed by atoms with Gasteiger partial charge in [-0.2, -0.15) is 0 Å². The molecule has 0 aliphatic rings. The minimum atomic E-state index is -0.474. The normalized spacial score (nSPS) is 10.8. The molecule has 1 amide bonds. The maximum absolute atomic E-state index is 11.1. The Hall–Kier alpha value is -2.20. The molecule has 0 radical (unpaired) electrons. The molecule has 1 aromatic heterocycles. The van der Waals surface area contributed by atoms with Gasteiger partial charge in [-0.1, -0.05) is 35.9 Å². The lowest BCUT2D eigenvalue weighted by atomic mass is 10.0. The average molecular weight is 268 g/mol. The number of aryl methyl sites for hydroxylation is 1. The number of carbonyl (C=O) groups excluding carboxylic acids is 1. The Balaban J connectivity index is 2.13. The van der Waals surface area contributed by atoms with E-state index < -0.39 is 5.91 Å². The van der Waals surface area contributed by atoms with Crippen LogP contribution in [0.5, 0.6) is 0 Å². The molecule has 0 atom stereocenters. The number of thiazole rings is 1. The molecular formula is C15H12N2OS. The summed E-state index contributed by atoms with van der Waals surface area (Å²) < 4.78 is 0.977. The predicted octanol–water partition coefficient (Wildman–Crippen LogP) is 3.37. The van der Waals surface area contributed by atoms with Gasteiger partial charge in [-0.25, -0.2) is 4.98 Å². The molecule has 3 rings (SSSR count). The van der Waals surface area contributed by atoms with Crippen LogP contribution in [0.2, 0.25) is 0 Å². The molecule has 94 valence electrons. The van der Waals surface area contributed by atoms with Crippen LogP contribution in [-0.4, -0.2) is 10.9 Å². The number of hydrogen-bond donors (Lipinski definition) is 1. The lowest BCUT2D eigenvalue weighted by Crippen LogP contribution is -2.09. The summed E-state index contributed by atoms with van der Waals surface area (Å²) in [5.41, 5.74) is 9.53. The Kier molecular flexibility index (Phi) is 2.80. The second-order valence-corrected chi connectivity index (χ2v) is 5.47. The molecule has 19 heavy (non-hydrogen) atoms. The van der Waals surface area contributed by atoms with Crippen molar-refractivity contribution >= 4 is 27.5 Å². The van der Waals surface area contributed by atoms with E-state index in [2.05, 4.69) is 30.1 Å². The topological polar surface area (TPSA) is 56.0 Å². The van der Waals surface area contributed by atoms with Crippen LogP contribution in [0.4, 0.5) is 0 Å². The summed E-state index contributed by atoms with van der Waals surface area (Å²) in [6.07, 6.45) is 0. The first-order chi connectivity index (χ1) is 9.13. The minimum absolute atomic E-state index is 0.358. The number of amides is 1. The van der Waals surface area contributed by atoms with Crippen LogP contribution in [0, 0.1) is 6.92 Å². The highest BCUT2D eigenvalue weighted by Crippen LogP contribution is 2.28. The number of hydrogen-bond acceptors (Lipinski definition) is 3. The van der Waals surface area contributed by atoms with E-state index in [1.807, 2.05) is 24.3 Å². The second-order valence-electron chi connectivity index (χ2n) is 4.44. The fourth-order valence-electron chi connectivity index (χ4n) is 2.04. The second kappa shape index (κ2) is 4.48. The van der Waals surface area contributed by atoms with Gasteiger partial charge in [-0.15, -0.1) is 11.3 Å². The van der Waals surface area contributed by atoms with Crippen molar-refractivity contribution in [2.45, 2.75) is 6.92 Å². The van der Waals surface area contributed by atoms with Crippen LogP contribution in [-0.2, 0) is 0 Å². The molecule has 2 N–H and O–H groups in total. The molecule has 0 bridgehead atoms. The zero-order valence-corrected chi connectivity index (χ0v) is 11.2. The molecule has 0 unspecified atom stereocenters. The van der Waals surface area contributed by atoms with Gasteiger partial charge in [0.1, 0.15) is 0 Å². The number of aromatic nitrogens is 1. The molecule has 0 saturated carbocycles. The van der Waals surface area contributed by atoms with Crippen LogP contribution in [0.25, 0.3) is 21.3 Å². The van der Waals surface area contributed by atoms with Crippen LogP contribution in [0.3, 0.4) is 0 Å². The van der Waals surface area contributed by atoms with Gasteiger partial charge in [0.25, 0.3) is 5.91 Å². The maximum Gasteiger partial charge on any atom is 0.277 e. The quantitative estimate of drug-likeness (QED) is 0.774. The van der Waals surface area contributed by atoms with Crippen LogP contribution in [0.15, 0.2) is 42.5 Å². The van der Waals surface area contributed by atoms with Crippen molar-refractivity contribution in [3.8, 4) is 11.1 Å². The highest BCUT2D eigenvalue weighted by Gasteiger charge is 2.09. The first kappa shape index (κ1) is 11.9. The van der Waals surface area contributed by atoms with Crippen molar-refractivity contribution in [3.05, 3.63) is 53.0 Å². The van der Waals surface area contributed by atoms with E-state index >= 15 is 0 Å². The molecule has 3 nitrogen and oxygen atoms in total. The summed E-state index contributed by atoms with van der Waals surface area (Å²) in [5.74, 6) is -0.474. The van der Waals surface area contributed by atoms with E-state index in [1.165, 1.54) is 16.9 Å².